The van der Waals surface area contributed by atoms with Crippen LogP contribution in [0.15, 0.2) is 0 Å². The highest BCUT2D eigenvalue weighted by Gasteiger charge is 2.40. The predicted octanol–water partition coefficient (Wildman–Crippen LogP) is 2.40. The van der Waals surface area contributed by atoms with Crippen LogP contribution in [-0.4, -0.2) is 40.9 Å². The number of carbonyl (C=O) groups excluding carboxylic acids is 1. The normalized spacial score (nSPS) is 29.9. The summed E-state index contributed by atoms with van der Waals surface area (Å²) in [5.74, 6) is 0.840. The number of carbonyl (C=O) groups is 1. The maximum Gasteiger partial charge on any atom is 0.410 e. The van der Waals surface area contributed by atoms with Crippen LogP contribution in [0.2, 0.25) is 0 Å². The summed E-state index contributed by atoms with van der Waals surface area (Å²) in [6.07, 6.45) is 4.26. The van der Waals surface area contributed by atoms with Gasteiger partial charge in [-0.15, -0.1) is 0 Å². The third-order valence-electron chi connectivity index (χ3n) is 3.99. The number of ether oxygens (including phenoxy) is 1. The van der Waals surface area contributed by atoms with E-state index in [0.29, 0.717) is 19.0 Å². The molecule has 0 radical (unpaired) electrons. The fourth-order valence-electron chi connectivity index (χ4n) is 3.14. The number of aliphatic hydroxyl groups excluding tert-OH is 1. The van der Waals surface area contributed by atoms with E-state index >= 15 is 0 Å². The molecule has 104 valence electrons. The highest BCUT2D eigenvalue weighted by atomic mass is 16.6. The van der Waals surface area contributed by atoms with Crippen molar-refractivity contribution in [2.24, 2.45) is 11.8 Å². The van der Waals surface area contributed by atoms with Gasteiger partial charge in [0.25, 0.3) is 0 Å². The number of hydrogen-bond acceptors (Lipinski definition) is 3. The molecule has 1 N–H and O–H groups in total. The average molecular weight is 255 g/mol. The first-order valence-corrected chi connectivity index (χ1v) is 7.03. The molecule has 0 bridgehead atoms. The lowest BCUT2D eigenvalue weighted by molar-refractivity contribution is 0.0269. The molecule has 2 aliphatic rings. The van der Waals surface area contributed by atoms with Gasteiger partial charge in [-0.2, -0.15) is 0 Å². The zero-order valence-corrected chi connectivity index (χ0v) is 11.7. The molecule has 2 atom stereocenters. The number of nitrogens with zero attached hydrogens (tertiary/aromatic N) is 1. The first-order chi connectivity index (χ1) is 8.37. The quantitative estimate of drug-likeness (QED) is 0.782. The van der Waals surface area contributed by atoms with Crippen molar-refractivity contribution in [1.82, 2.24) is 4.90 Å². The molecule has 0 aromatic rings. The Morgan fingerprint density at radius 1 is 1.22 bits per heavy atom. The molecule has 1 heterocycles. The molecule has 0 spiro atoms. The van der Waals surface area contributed by atoms with E-state index < -0.39 is 5.60 Å². The summed E-state index contributed by atoms with van der Waals surface area (Å²) in [5, 5.41) is 10.1. The monoisotopic (exact) mass is 255 g/mol. The number of hydrogen-bond donors (Lipinski definition) is 1. The van der Waals surface area contributed by atoms with E-state index in [2.05, 4.69) is 0 Å². The predicted molar refractivity (Wildman–Crippen MR) is 69.3 cm³/mol. The van der Waals surface area contributed by atoms with Crippen LogP contribution in [0.4, 0.5) is 4.79 Å². The number of likely N-dealkylation sites (tertiary alicyclic amines) is 1. The molecule has 1 aliphatic heterocycles. The molecule has 0 aromatic heterocycles. The van der Waals surface area contributed by atoms with Crippen molar-refractivity contribution in [3.05, 3.63) is 0 Å². The molecule has 2 rings (SSSR count). The summed E-state index contributed by atoms with van der Waals surface area (Å²) in [4.78, 5) is 13.6. The van der Waals surface area contributed by atoms with Crippen molar-refractivity contribution in [1.29, 1.82) is 0 Å². The van der Waals surface area contributed by atoms with Gasteiger partial charge in [0.2, 0.25) is 0 Å². The Bertz CT molecular complexity index is 305. The second kappa shape index (κ2) is 5.08. The number of aliphatic hydroxyl groups is 1. The van der Waals surface area contributed by atoms with Gasteiger partial charge in [0.05, 0.1) is 12.6 Å². The Kier molecular flexibility index (Phi) is 3.85. The second-order valence-electron chi connectivity index (χ2n) is 6.66. The number of amides is 1. The van der Waals surface area contributed by atoms with E-state index in [4.69, 9.17) is 4.74 Å². The molecular weight excluding hydrogens is 230 g/mol. The Balaban J connectivity index is 1.91. The number of β-amino-alcohol motifs (C(OH)–C–C–N with tert-alkyl or cyclic N) is 1. The zero-order chi connectivity index (χ0) is 13.3. The standard InChI is InChI=1S/C14H25NO3/c1-14(2,3)18-13(17)15-8-11(12(16)9-15)10-6-4-5-7-10/h10-12,16H,4-9H2,1-3H3/t11-,12-/m1/s1. The minimum atomic E-state index is -0.465. The van der Waals surface area contributed by atoms with Gasteiger partial charge in [0, 0.05) is 12.5 Å². The summed E-state index contributed by atoms with van der Waals surface area (Å²) in [6.45, 7) is 6.68. The summed E-state index contributed by atoms with van der Waals surface area (Å²) in [6, 6.07) is 0. The van der Waals surface area contributed by atoms with E-state index in [0.717, 1.165) is 0 Å². The zero-order valence-electron chi connectivity index (χ0n) is 11.7. The molecule has 0 aromatic carbocycles. The minimum absolute atomic E-state index is 0.250. The largest absolute Gasteiger partial charge is 0.444 e. The highest BCUT2D eigenvalue weighted by Crippen LogP contribution is 2.36. The highest BCUT2D eigenvalue weighted by molar-refractivity contribution is 5.68. The summed E-state index contributed by atoms with van der Waals surface area (Å²) < 4.78 is 5.36. The minimum Gasteiger partial charge on any atom is -0.444 e. The molecule has 1 aliphatic carbocycles. The SMILES string of the molecule is CC(C)(C)OC(=O)N1C[C@@H](O)[C@@H](C2CCCC2)C1. The van der Waals surface area contributed by atoms with Crippen LogP contribution in [0.1, 0.15) is 46.5 Å². The molecule has 4 nitrogen and oxygen atoms in total. The van der Waals surface area contributed by atoms with Crippen LogP contribution in [0.5, 0.6) is 0 Å². The first-order valence-electron chi connectivity index (χ1n) is 7.03. The number of rotatable bonds is 1. The van der Waals surface area contributed by atoms with Gasteiger partial charge >= 0.3 is 6.09 Å². The van der Waals surface area contributed by atoms with E-state index in [1.54, 1.807) is 4.90 Å². The van der Waals surface area contributed by atoms with E-state index in [9.17, 15) is 9.90 Å². The van der Waals surface area contributed by atoms with Crippen molar-refractivity contribution in [3.8, 4) is 0 Å². The maximum absolute atomic E-state index is 12.0. The van der Waals surface area contributed by atoms with Crippen LogP contribution in [0.25, 0.3) is 0 Å². The van der Waals surface area contributed by atoms with Crippen LogP contribution in [0, 0.1) is 11.8 Å². The molecule has 2 fully saturated rings. The Morgan fingerprint density at radius 2 is 1.83 bits per heavy atom. The molecule has 4 heteroatoms. The Hall–Kier alpha value is -0.770. The van der Waals surface area contributed by atoms with Crippen LogP contribution >= 0.6 is 0 Å². The Morgan fingerprint density at radius 3 is 2.39 bits per heavy atom. The lowest BCUT2D eigenvalue weighted by Gasteiger charge is -2.24. The first kappa shape index (κ1) is 13.7. The van der Waals surface area contributed by atoms with Crippen LogP contribution in [-0.2, 0) is 4.74 Å². The van der Waals surface area contributed by atoms with Crippen LogP contribution in [0.3, 0.4) is 0 Å². The molecule has 18 heavy (non-hydrogen) atoms. The summed E-state index contributed by atoms with van der Waals surface area (Å²) >= 11 is 0. The smallest absolute Gasteiger partial charge is 0.410 e. The van der Waals surface area contributed by atoms with Gasteiger partial charge in [0.1, 0.15) is 5.60 Å². The van der Waals surface area contributed by atoms with Gasteiger partial charge in [-0.05, 0) is 26.7 Å². The van der Waals surface area contributed by atoms with E-state index in [1.165, 1.54) is 25.7 Å². The van der Waals surface area contributed by atoms with Crippen molar-refractivity contribution >= 4 is 6.09 Å². The van der Waals surface area contributed by atoms with Crippen molar-refractivity contribution in [2.45, 2.75) is 58.2 Å². The third-order valence-corrected chi connectivity index (χ3v) is 3.99. The Labute approximate surface area is 109 Å². The van der Waals surface area contributed by atoms with E-state index in [-0.39, 0.29) is 18.1 Å². The van der Waals surface area contributed by atoms with Crippen molar-refractivity contribution in [3.63, 3.8) is 0 Å². The lowest BCUT2D eigenvalue weighted by Crippen LogP contribution is -2.36. The summed E-state index contributed by atoms with van der Waals surface area (Å²) in [5.41, 5.74) is -0.465. The summed E-state index contributed by atoms with van der Waals surface area (Å²) in [7, 11) is 0. The van der Waals surface area contributed by atoms with Crippen LogP contribution < -0.4 is 0 Å². The fourth-order valence-corrected chi connectivity index (χ4v) is 3.14. The van der Waals surface area contributed by atoms with Gasteiger partial charge < -0.3 is 14.7 Å². The van der Waals surface area contributed by atoms with Gasteiger partial charge in [0.15, 0.2) is 0 Å². The van der Waals surface area contributed by atoms with Gasteiger partial charge in [-0.25, -0.2) is 4.79 Å². The topological polar surface area (TPSA) is 49.8 Å². The molecule has 0 unspecified atom stereocenters. The van der Waals surface area contributed by atoms with E-state index in [1.807, 2.05) is 20.8 Å². The molecule has 1 saturated carbocycles. The molecule has 1 amide bonds. The second-order valence-corrected chi connectivity index (χ2v) is 6.66. The van der Waals surface area contributed by atoms with Crippen molar-refractivity contribution < 1.29 is 14.6 Å². The third kappa shape index (κ3) is 3.16. The average Bonchev–Trinajstić information content (AvgIpc) is 2.82. The fraction of sp³-hybridized carbons (Fsp3) is 0.929. The van der Waals surface area contributed by atoms with Crippen molar-refractivity contribution in [2.75, 3.05) is 13.1 Å². The van der Waals surface area contributed by atoms with Gasteiger partial charge in [-0.3, -0.25) is 0 Å². The molecule has 1 saturated heterocycles. The lowest BCUT2D eigenvalue weighted by atomic mass is 9.88. The van der Waals surface area contributed by atoms with Gasteiger partial charge in [-0.1, -0.05) is 25.7 Å². The molecular formula is C14H25NO3. The maximum atomic E-state index is 12.0.